The highest BCUT2D eigenvalue weighted by atomic mass is 32.2. The molecule has 2 aromatic rings. The number of hydroxylamine groups is 1. The molecular weight excluding hydrogens is 406 g/mol. The Bertz CT molecular complexity index is 925. The number of carbonyl (C=O) groups excluding carboxylic acids is 1. The highest BCUT2D eigenvalue weighted by Gasteiger charge is 2.22. The molecule has 1 N–H and O–H groups in total. The largest absolute Gasteiger partial charge is 0.497 e. The van der Waals surface area contributed by atoms with Gasteiger partial charge in [0.1, 0.15) is 16.7 Å². The summed E-state index contributed by atoms with van der Waals surface area (Å²) >= 11 is 0. The van der Waals surface area contributed by atoms with Gasteiger partial charge in [0.2, 0.25) is 0 Å². The summed E-state index contributed by atoms with van der Waals surface area (Å²) < 4.78 is 44.5. The Morgan fingerprint density at radius 3 is 2.18 bits per heavy atom. The first kappa shape index (κ1) is 21.9. The maximum absolute atomic E-state index is 12.5. The number of hydrogen-bond acceptors (Lipinski definition) is 7. The minimum Gasteiger partial charge on any atom is -0.497 e. The van der Waals surface area contributed by atoms with Gasteiger partial charge in [-0.3, -0.25) is 13.8 Å². The molecule has 8 nitrogen and oxygen atoms in total. The van der Waals surface area contributed by atoms with Crippen LogP contribution < -0.4 is 14.4 Å². The van der Waals surface area contributed by atoms with Gasteiger partial charge in [0.25, 0.3) is 5.91 Å². The van der Waals surface area contributed by atoms with Crippen LogP contribution in [-0.2, 0) is 37.2 Å². The molecule has 0 radical (unpaired) electrons. The zero-order valence-corrected chi connectivity index (χ0v) is 17.2. The molecule has 0 aliphatic carbocycles. The van der Waals surface area contributed by atoms with Crippen LogP contribution in [0.15, 0.2) is 53.4 Å². The van der Waals surface area contributed by atoms with Gasteiger partial charge in [-0.1, -0.05) is 12.1 Å². The van der Waals surface area contributed by atoms with Crippen LogP contribution >= 0.6 is 0 Å². The summed E-state index contributed by atoms with van der Waals surface area (Å²) in [5, 5.41) is -0.877. The monoisotopic (exact) mass is 427 g/mol. The maximum atomic E-state index is 12.5. The minimum absolute atomic E-state index is 0.100. The first-order chi connectivity index (χ1) is 13.2. The van der Waals surface area contributed by atoms with E-state index in [0.717, 1.165) is 11.8 Å². The molecule has 2 unspecified atom stereocenters. The number of amides is 1. The van der Waals surface area contributed by atoms with Crippen molar-refractivity contribution < 1.29 is 31.2 Å². The summed E-state index contributed by atoms with van der Waals surface area (Å²) in [5.41, 5.74) is 3.12. The summed E-state index contributed by atoms with van der Waals surface area (Å²) in [6.45, 7) is 1.65. The summed E-state index contributed by atoms with van der Waals surface area (Å²) in [6, 6.07) is 12.8. The van der Waals surface area contributed by atoms with Crippen molar-refractivity contribution in [1.82, 2.24) is 5.48 Å². The van der Waals surface area contributed by atoms with Crippen molar-refractivity contribution in [3.8, 4) is 11.5 Å². The van der Waals surface area contributed by atoms with Gasteiger partial charge in [-0.2, -0.15) is 8.42 Å². The summed E-state index contributed by atoms with van der Waals surface area (Å²) in [5.74, 6) is 0.274. The van der Waals surface area contributed by atoms with E-state index in [1.165, 1.54) is 31.2 Å². The van der Waals surface area contributed by atoms with E-state index in [1.54, 1.807) is 31.4 Å². The normalized spacial score (nSPS) is 13.4. The second-order valence-corrected chi connectivity index (χ2v) is 9.15. The maximum Gasteiger partial charge on any atom is 0.306 e. The Morgan fingerprint density at radius 1 is 1.07 bits per heavy atom. The van der Waals surface area contributed by atoms with Gasteiger partial charge >= 0.3 is 10.1 Å². The third kappa shape index (κ3) is 6.63. The molecule has 2 aromatic carbocycles. The molecule has 0 saturated heterocycles. The SMILES string of the molecule is COc1ccc(CONC(=O)C(C)S(=O)c2ccc(OS(C)(=O)=O)cc2)cc1. The smallest absolute Gasteiger partial charge is 0.306 e. The fraction of sp³-hybridized carbons (Fsp3) is 0.278. The predicted molar refractivity (Wildman–Crippen MR) is 104 cm³/mol. The van der Waals surface area contributed by atoms with E-state index in [4.69, 9.17) is 13.8 Å². The molecule has 0 aliphatic heterocycles. The lowest BCUT2D eigenvalue weighted by atomic mass is 10.2. The van der Waals surface area contributed by atoms with Crippen molar-refractivity contribution in [2.24, 2.45) is 0 Å². The standard InChI is InChI=1S/C18H21NO7S2/c1-13(18(20)19-25-12-14-4-6-15(24-2)7-5-14)27(21)17-10-8-16(9-11-17)26-28(3,22)23/h4-11,13H,12H2,1-3H3,(H,19,20). The average Bonchev–Trinajstić information content (AvgIpc) is 2.66. The number of benzene rings is 2. The fourth-order valence-electron chi connectivity index (χ4n) is 2.10. The van der Waals surface area contributed by atoms with Crippen molar-refractivity contribution in [1.29, 1.82) is 0 Å². The summed E-state index contributed by atoms with van der Waals surface area (Å²) in [4.78, 5) is 17.7. The van der Waals surface area contributed by atoms with E-state index in [-0.39, 0.29) is 12.4 Å². The Labute approximate surface area is 166 Å². The average molecular weight is 428 g/mol. The molecule has 0 spiro atoms. The van der Waals surface area contributed by atoms with E-state index in [9.17, 15) is 17.4 Å². The zero-order valence-electron chi connectivity index (χ0n) is 15.6. The second kappa shape index (κ2) is 9.67. The van der Waals surface area contributed by atoms with Crippen LogP contribution in [-0.4, -0.2) is 37.1 Å². The van der Waals surface area contributed by atoms with Crippen molar-refractivity contribution in [2.75, 3.05) is 13.4 Å². The lowest BCUT2D eigenvalue weighted by Crippen LogP contribution is -2.35. The third-order valence-corrected chi connectivity index (χ3v) is 5.65. The topological polar surface area (TPSA) is 108 Å². The molecule has 1 amide bonds. The quantitative estimate of drug-likeness (QED) is 0.480. The van der Waals surface area contributed by atoms with Crippen LogP contribution in [0.4, 0.5) is 0 Å². The number of rotatable bonds is 9. The van der Waals surface area contributed by atoms with Crippen molar-refractivity contribution >= 4 is 26.8 Å². The number of methoxy groups -OCH3 is 1. The molecule has 0 fully saturated rings. The molecule has 0 aromatic heterocycles. The molecule has 0 heterocycles. The first-order valence-corrected chi connectivity index (χ1v) is 11.2. The minimum atomic E-state index is -3.64. The summed E-state index contributed by atoms with van der Waals surface area (Å²) in [7, 11) is -3.73. The van der Waals surface area contributed by atoms with Crippen molar-refractivity contribution in [3.05, 3.63) is 54.1 Å². The van der Waals surface area contributed by atoms with E-state index in [0.29, 0.717) is 10.6 Å². The predicted octanol–water partition coefficient (Wildman–Crippen LogP) is 1.78. The van der Waals surface area contributed by atoms with Crippen LogP contribution in [0, 0.1) is 0 Å². The van der Waals surface area contributed by atoms with Crippen LogP contribution in [0.5, 0.6) is 11.5 Å². The van der Waals surface area contributed by atoms with Crippen molar-refractivity contribution in [3.63, 3.8) is 0 Å². The molecule has 0 saturated carbocycles. The molecule has 10 heteroatoms. The Kier molecular flexibility index (Phi) is 7.55. The van der Waals surface area contributed by atoms with Crippen LogP contribution in [0.1, 0.15) is 12.5 Å². The first-order valence-electron chi connectivity index (χ1n) is 8.14. The van der Waals surface area contributed by atoms with Gasteiger partial charge in [-0.05, 0) is 48.9 Å². The van der Waals surface area contributed by atoms with Gasteiger partial charge in [0.05, 0.1) is 30.8 Å². The Hall–Kier alpha value is -2.43. The van der Waals surface area contributed by atoms with Gasteiger partial charge in [0.15, 0.2) is 0 Å². The molecule has 152 valence electrons. The van der Waals surface area contributed by atoms with Crippen LogP contribution in [0.3, 0.4) is 0 Å². The van der Waals surface area contributed by atoms with Crippen molar-refractivity contribution in [2.45, 2.75) is 23.7 Å². The molecule has 0 bridgehead atoms. The zero-order chi connectivity index (χ0) is 20.7. The van der Waals surface area contributed by atoms with Gasteiger partial charge in [0, 0.05) is 4.90 Å². The van der Waals surface area contributed by atoms with E-state index >= 15 is 0 Å². The second-order valence-electron chi connectivity index (χ2n) is 5.80. The number of ether oxygens (including phenoxy) is 1. The third-order valence-electron chi connectivity index (χ3n) is 3.56. The molecule has 2 atom stereocenters. The van der Waals surface area contributed by atoms with Crippen LogP contribution in [0.2, 0.25) is 0 Å². The lowest BCUT2D eigenvalue weighted by molar-refractivity contribution is -0.133. The highest BCUT2D eigenvalue weighted by Crippen LogP contribution is 2.18. The molecule has 0 aliphatic rings. The highest BCUT2D eigenvalue weighted by molar-refractivity contribution is 7.86. The molecule has 28 heavy (non-hydrogen) atoms. The van der Waals surface area contributed by atoms with Gasteiger partial charge < -0.3 is 8.92 Å². The lowest BCUT2D eigenvalue weighted by Gasteiger charge is -2.12. The number of nitrogens with one attached hydrogen (secondary N) is 1. The fourth-order valence-corrected chi connectivity index (χ4v) is 3.62. The number of hydrogen-bond donors (Lipinski definition) is 1. The van der Waals surface area contributed by atoms with Crippen LogP contribution in [0.25, 0.3) is 0 Å². The van der Waals surface area contributed by atoms with E-state index in [2.05, 4.69) is 5.48 Å². The van der Waals surface area contributed by atoms with Gasteiger partial charge in [-0.15, -0.1) is 0 Å². The molecule has 2 rings (SSSR count). The van der Waals surface area contributed by atoms with E-state index < -0.39 is 32.1 Å². The number of carbonyl (C=O) groups is 1. The van der Waals surface area contributed by atoms with Gasteiger partial charge in [-0.25, -0.2) is 5.48 Å². The Balaban J connectivity index is 1.88. The molecular formula is C18H21NO7S2. The summed E-state index contributed by atoms with van der Waals surface area (Å²) in [6.07, 6.45) is 0.928. The Morgan fingerprint density at radius 2 is 1.64 bits per heavy atom. The van der Waals surface area contributed by atoms with E-state index in [1.807, 2.05) is 0 Å².